The van der Waals surface area contributed by atoms with E-state index in [1.54, 1.807) is 25.4 Å². The van der Waals surface area contributed by atoms with Gasteiger partial charge in [-0.15, -0.1) is 0 Å². The van der Waals surface area contributed by atoms with Crippen molar-refractivity contribution in [3.63, 3.8) is 0 Å². The first kappa shape index (κ1) is 25.7. The van der Waals surface area contributed by atoms with Gasteiger partial charge in [-0.25, -0.2) is 4.98 Å². The molecule has 0 unspecified atom stereocenters. The number of hydrogen-bond donors (Lipinski definition) is 1. The quantitative estimate of drug-likeness (QED) is 0.316. The number of nitrogens with zero attached hydrogens (tertiary/aromatic N) is 3. The molecule has 2 aromatic carbocycles. The highest BCUT2D eigenvalue weighted by atomic mass is 35.5. The number of rotatable bonds is 9. The highest BCUT2D eigenvalue weighted by Gasteiger charge is 2.18. The number of anilines is 1. The van der Waals surface area contributed by atoms with E-state index < -0.39 is 0 Å². The van der Waals surface area contributed by atoms with Crippen LogP contribution in [-0.2, 0) is 17.8 Å². The molecule has 0 aliphatic rings. The zero-order chi connectivity index (χ0) is 25.7. The lowest BCUT2D eigenvalue weighted by atomic mass is 10.1. The van der Waals surface area contributed by atoms with Gasteiger partial charge in [0.1, 0.15) is 23.6 Å². The fourth-order valence-electron chi connectivity index (χ4n) is 3.76. The van der Waals surface area contributed by atoms with Gasteiger partial charge in [0.2, 0.25) is 5.91 Å². The Morgan fingerprint density at radius 3 is 2.64 bits per heavy atom. The number of likely N-dealkylation sites (N-methyl/N-ethyl adjacent to an activating group) is 1. The molecule has 0 bridgehead atoms. The Morgan fingerprint density at radius 2 is 1.89 bits per heavy atom. The van der Waals surface area contributed by atoms with Crippen LogP contribution in [0, 0.1) is 6.92 Å². The third-order valence-electron chi connectivity index (χ3n) is 5.68. The highest BCUT2D eigenvalue weighted by molar-refractivity contribution is 6.38. The summed E-state index contributed by atoms with van der Waals surface area (Å²) in [5.74, 6) is 1.02. The molecule has 7 nitrogen and oxygen atoms in total. The van der Waals surface area contributed by atoms with Crippen molar-refractivity contribution in [1.82, 2.24) is 9.97 Å². The third-order valence-corrected chi connectivity index (χ3v) is 6.46. The second-order valence-electron chi connectivity index (χ2n) is 8.14. The van der Waals surface area contributed by atoms with Gasteiger partial charge in [-0.3, -0.25) is 9.78 Å². The van der Waals surface area contributed by atoms with Gasteiger partial charge in [0, 0.05) is 53.1 Å². The third kappa shape index (κ3) is 5.70. The Balaban J connectivity index is 1.57. The minimum atomic E-state index is -0.268. The van der Waals surface area contributed by atoms with Gasteiger partial charge in [0.25, 0.3) is 0 Å². The lowest BCUT2D eigenvalue weighted by Gasteiger charge is -2.20. The van der Waals surface area contributed by atoms with Crippen LogP contribution in [0.1, 0.15) is 17.0 Å². The van der Waals surface area contributed by atoms with E-state index in [1.807, 2.05) is 49.4 Å². The van der Waals surface area contributed by atoms with Gasteiger partial charge in [-0.2, -0.15) is 0 Å². The number of para-hydroxylation sites is 1. The number of hydrogen-bond acceptors (Lipinski definition) is 6. The second-order valence-corrected chi connectivity index (χ2v) is 8.92. The van der Waals surface area contributed by atoms with Crippen molar-refractivity contribution in [2.45, 2.75) is 20.0 Å². The molecule has 0 spiro atoms. The first-order valence-corrected chi connectivity index (χ1v) is 12.1. The molecule has 0 radical (unpaired) electrons. The molecule has 0 aliphatic carbocycles. The predicted molar refractivity (Wildman–Crippen MR) is 143 cm³/mol. The zero-order valence-corrected chi connectivity index (χ0v) is 21.5. The molecular weight excluding hydrogens is 499 g/mol. The van der Waals surface area contributed by atoms with Crippen LogP contribution in [0.2, 0.25) is 10.0 Å². The normalized spacial score (nSPS) is 10.9. The standard InChI is InChI=1S/C27H26Cl2N4O3/c1-17-14-24(35-13-11-18-6-3-4-12-31-18)19-7-5-8-23(27(19)32-17)36-16-20-21(28)9-10-22(26(20)29)33(2)25(34)15-30/h3-10,12,14H,11,13,15-16,30H2,1-2H3. The van der Waals surface area contributed by atoms with Crippen molar-refractivity contribution in [3.05, 3.63) is 87.8 Å². The van der Waals surface area contributed by atoms with Crippen LogP contribution in [0.15, 0.2) is 60.8 Å². The summed E-state index contributed by atoms with van der Waals surface area (Å²) < 4.78 is 12.3. The number of halogens is 2. The van der Waals surface area contributed by atoms with Crippen molar-refractivity contribution < 1.29 is 14.3 Å². The maximum absolute atomic E-state index is 12.1. The Morgan fingerprint density at radius 1 is 1.06 bits per heavy atom. The molecule has 0 atom stereocenters. The van der Waals surface area contributed by atoms with Crippen LogP contribution in [0.4, 0.5) is 5.69 Å². The maximum atomic E-state index is 12.1. The summed E-state index contributed by atoms with van der Waals surface area (Å²) in [6.07, 6.45) is 2.46. The molecule has 36 heavy (non-hydrogen) atoms. The van der Waals surface area contributed by atoms with Gasteiger partial charge in [-0.1, -0.05) is 35.3 Å². The summed E-state index contributed by atoms with van der Waals surface area (Å²) in [7, 11) is 1.61. The van der Waals surface area contributed by atoms with Crippen LogP contribution in [0.25, 0.3) is 10.9 Å². The number of aryl methyl sites for hydroxylation is 1. The van der Waals surface area contributed by atoms with Crippen LogP contribution < -0.4 is 20.1 Å². The number of aromatic nitrogens is 2. The minimum absolute atomic E-state index is 0.0841. The second kappa shape index (κ2) is 11.6. The van der Waals surface area contributed by atoms with Gasteiger partial charge in [0.15, 0.2) is 0 Å². The summed E-state index contributed by atoms with van der Waals surface area (Å²) in [6, 6.07) is 16.8. The van der Waals surface area contributed by atoms with Crippen LogP contribution in [0.3, 0.4) is 0 Å². The summed E-state index contributed by atoms with van der Waals surface area (Å²) in [4.78, 5) is 22.5. The van der Waals surface area contributed by atoms with Crippen molar-refractivity contribution >= 4 is 45.7 Å². The summed E-state index contributed by atoms with van der Waals surface area (Å²) >= 11 is 13.0. The molecular formula is C27H26Cl2N4O3. The van der Waals surface area contributed by atoms with Crippen molar-refractivity contribution in [2.75, 3.05) is 25.1 Å². The Labute approximate surface area is 219 Å². The van der Waals surface area contributed by atoms with Crippen LogP contribution in [-0.4, -0.2) is 36.1 Å². The van der Waals surface area contributed by atoms with Gasteiger partial charge in [-0.05, 0) is 43.3 Å². The monoisotopic (exact) mass is 524 g/mol. The predicted octanol–water partition coefficient (Wildman–Crippen LogP) is 5.37. The van der Waals surface area contributed by atoms with E-state index in [9.17, 15) is 4.79 Å². The van der Waals surface area contributed by atoms with Gasteiger partial charge in [0.05, 0.1) is 23.9 Å². The number of carbonyl (C=O) groups excluding carboxylic acids is 1. The van der Waals surface area contributed by atoms with Gasteiger partial charge >= 0.3 is 0 Å². The number of pyridine rings is 2. The number of fused-ring (bicyclic) bond motifs is 1. The fourth-order valence-corrected chi connectivity index (χ4v) is 4.36. The van der Waals surface area contributed by atoms with Crippen LogP contribution in [0.5, 0.6) is 11.5 Å². The smallest absolute Gasteiger partial charge is 0.240 e. The topological polar surface area (TPSA) is 90.6 Å². The highest BCUT2D eigenvalue weighted by Crippen LogP contribution is 2.36. The molecule has 2 aromatic heterocycles. The molecule has 4 rings (SSSR count). The van der Waals surface area contributed by atoms with E-state index in [0.29, 0.717) is 45.6 Å². The molecule has 0 saturated carbocycles. The minimum Gasteiger partial charge on any atom is -0.492 e. The first-order valence-electron chi connectivity index (χ1n) is 11.4. The average molecular weight is 525 g/mol. The van der Waals surface area contributed by atoms with E-state index in [4.69, 9.17) is 38.4 Å². The number of nitrogens with two attached hydrogens (primary N) is 1. The lowest BCUT2D eigenvalue weighted by Crippen LogP contribution is -2.32. The first-order chi connectivity index (χ1) is 17.4. The molecule has 9 heteroatoms. The fraction of sp³-hybridized carbons (Fsp3) is 0.222. The molecule has 1 amide bonds. The van der Waals surface area contributed by atoms with Crippen molar-refractivity contribution in [3.8, 4) is 11.5 Å². The van der Waals surface area contributed by atoms with Crippen molar-refractivity contribution in [1.29, 1.82) is 0 Å². The SMILES string of the molecule is Cc1cc(OCCc2ccccn2)c2cccc(OCc3c(Cl)ccc(N(C)C(=O)CN)c3Cl)c2n1. The molecule has 4 aromatic rings. The van der Waals surface area contributed by atoms with E-state index in [2.05, 4.69) is 9.97 Å². The Kier molecular flexibility index (Phi) is 8.25. The Hall–Kier alpha value is -3.39. The largest absolute Gasteiger partial charge is 0.492 e. The van der Waals surface area contributed by atoms with E-state index >= 15 is 0 Å². The summed E-state index contributed by atoms with van der Waals surface area (Å²) in [5, 5.41) is 1.59. The zero-order valence-electron chi connectivity index (χ0n) is 20.0. The summed E-state index contributed by atoms with van der Waals surface area (Å²) in [6.45, 7) is 2.34. The number of carbonyl (C=O) groups is 1. The molecule has 0 aliphatic heterocycles. The molecule has 2 heterocycles. The summed E-state index contributed by atoms with van der Waals surface area (Å²) in [5.41, 5.74) is 8.99. The average Bonchev–Trinajstić information content (AvgIpc) is 2.88. The number of amides is 1. The molecule has 2 N–H and O–H groups in total. The Bertz CT molecular complexity index is 1380. The lowest BCUT2D eigenvalue weighted by molar-refractivity contribution is -0.117. The van der Waals surface area contributed by atoms with Crippen molar-refractivity contribution in [2.24, 2.45) is 5.73 Å². The van der Waals surface area contributed by atoms with Crippen LogP contribution >= 0.6 is 23.2 Å². The maximum Gasteiger partial charge on any atom is 0.240 e. The van der Waals surface area contributed by atoms with E-state index in [0.717, 1.165) is 22.5 Å². The van der Waals surface area contributed by atoms with E-state index in [-0.39, 0.29) is 19.1 Å². The number of benzene rings is 2. The number of ether oxygens (including phenoxy) is 2. The van der Waals surface area contributed by atoms with Gasteiger partial charge < -0.3 is 20.1 Å². The molecule has 0 fully saturated rings. The molecule has 0 saturated heterocycles. The van der Waals surface area contributed by atoms with E-state index in [1.165, 1.54) is 4.90 Å². The molecule has 186 valence electrons.